The van der Waals surface area contributed by atoms with E-state index in [1.54, 1.807) is 24.3 Å². The van der Waals surface area contributed by atoms with Gasteiger partial charge in [0.15, 0.2) is 10.4 Å². The zero-order chi connectivity index (χ0) is 13.8. The van der Waals surface area contributed by atoms with Gasteiger partial charge in [0.1, 0.15) is 0 Å². The van der Waals surface area contributed by atoms with Crippen molar-refractivity contribution in [2.75, 3.05) is 0 Å². The van der Waals surface area contributed by atoms with Crippen molar-refractivity contribution in [1.82, 2.24) is 5.32 Å². The lowest BCUT2D eigenvalue weighted by atomic mass is 10.2. The molecule has 0 aliphatic rings. The van der Waals surface area contributed by atoms with Gasteiger partial charge < -0.3 is 9.73 Å². The SMILES string of the molecule is O=C(NCc1ccc([N+](=O)[O-])cc1)c1ccc(Br)o1. The second-order valence-electron chi connectivity index (χ2n) is 3.71. The number of furan rings is 1. The fourth-order valence-corrected chi connectivity index (χ4v) is 1.75. The van der Waals surface area contributed by atoms with E-state index in [9.17, 15) is 14.9 Å². The van der Waals surface area contributed by atoms with Crippen LogP contribution in [-0.4, -0.2) is 10.8 Å². The summed E-state index contributed by atoms with van der Waals surface area (Å²) >= 11 is 3.11. The van der Waals surface area contributed by atoms with Crippen LogP contribution in [0.5, 0.6) is 0 Å². The number of nitro benzene ring substituents is 1. The summed E-state index contributed by atoms with van der Waals surface area (Å²) in [6.07, 6.45) is 0. The van der Waals surface area contributed by atoms with Crippen LogP contribution in [0, 0.1) is 10.1 Å². The number of nitro groups is 1. The van der Waals surface area contributed by atoms with E-state index >= 15 is 0 Å². The summed E-state index contributed by atoms with van der Waals surface area (Å²) in [6.45, 7) is 0.273. The molecule has 0 saturated carbocycles. The number of nitrogens with zero attached hydrogens (tertiary/aromatic N) is 1. The maximum atomic E-state index is 11.7. The molecule has 1 aromatic heterocycles. The third-order valence-electron chi connectivity index (χ3n) is 2.40. The van der Waals surface area contributed by atoms with E-state index in [1.807, 2.05) is 0 Å². The van der Waals surface area contributed by atoms with Crippen molar-refractivity contribution in [3.05, 3.63) is 62.5 Å². The number of benzene rings is 1. The average molecular weight is 325 g/mol. The highest BCUT2D eigenvalue weighted by Crippen LogP contribution is 2.14. The van der Waals surface area contributed by atoms with Crippen molar-refractivity contribution in [2.24, 2.45) is 0 Å². The first kappa shape index (κ1) is 13.3. The highest BCUT2D eigenvalue weighted by molar-refractivity contribution is 9.10. The molecule has 0 atom stereocenters. The Morgan fingerprint density at radius 2 is 1.95 bits per heavy atom. The third-order valence-corrected chi connectivity index (χ3v) is 2.82. The molecule has 0 spiro atoms. The standard InChI is InChI=1S/C12H9BrN2O4/c13-11-6-5-10(19-11)12(16)14-7-8-1-3-9(4-2-8)15(17)18/h1-6H,7H2,(H,14,16). The fourth-order valence-electron chi connectivity index (χ4n) is 1.44. The Morgan fingerprint density at radius 3 is 2.47 bits per heavy atom. The molecule has 0 fully saturated rings. The molecular formula is C12H9BrN2O4. The Bertz CT molecular complexity index is 606. The quantitative estimate of drug-likeness (QED) is 0.692. The molecule has 0 radical (unpaired) electrons. The van der Waals surface area contributed by atoms with Gasteiger partial charge >= 0.3 is 0 Å². The van der Waals surface area contributed by atoms with E-state index in [0.717, 1.165) is 5.56 Å². The molecule has 0 unspecified atom stereocenters. The summed E-state index contributed by atoms with van der Waals surface area (Å²) in [5.41, 5.74) is 0.787. The number of non-ortho nitro benzene ring substituents is 1. The fraction of sp³-hybridized carbons (Fsp3) is 0.0833. The lowest BCUT2D eigenvalue weighted by Crippen LogP contribution is -2.22. The van der Waals surface area contributed by atoms with Crippen LogP contribution in [0.1, 0.15) is 16.1 Å². The molecule has 2 aromatic rings. The first-order valence-corrected chi connectivity index (χ1v) is 6.12. The number of hydrogen-bond donors (Lipinski definition) is 1. The number of amides is 1. The zero-order valence-electron chi connectivity index (χ0n) is 9.63. The van der Waals surface area contributed by atoms with Gasteiger partial charge in [-0.1, -0.05) is 12.1 Å². The molecule has 1 aromatic carbocycles. The van der Waals surface area contributed by atoms with Crippen LogP contribution in [-0.2, 0) is 6.54 Å². The van der Waals surface area contributed by atoms with Crippen molar-refractivity contribution in [1.29, 1.82) is 0 Å². The van der Waals surface area contributed by atoms with Crippen LogP contribution in [0.2, 0.25) is 0 Å². The van der Waals surface area contributed by atoms with E-state index < -0.39 is 4.92 Å². The van der Waals surface area contributed by atoms with Gasteiger partial charge in [0, 0.05) is 18.7 Å². The Morgan fingerprint density at radius 1 is 1.26 bits per heavy atom. The van der Waals surface area contributed by atoms with Gasteiger partial charge in [0.05, 0.1) is 4.92 Å². The predicted molar refractivity (Wildman–Crippen MR) is 70.7 cm³/mol. The Kier molecular flexibility index (Phi) is 3.96. The summed E-state index contributed by atoms with van der Waals surface area (Å²) in [7, 11) is 0. The summed E-state index contributed by atoms with van der Waals surface area (Å²) < 4.78 is 5.58. The average Bonchev–Trinajstić information content (AvgIpc) is 2.83. The van der Waals surface area contributed by atoms with Crippen LogP contribution >= 0.6 is 15.9 Å². The molecule has 1 heterocycles. The highest BCUT2D eigenvalue weighted by atomic mass is 79.9. The van der Waals surface area contributed by atoms with Gasteiger partial charge in [0.2, 0.25) is 0 Å². The number of nitrogens with one attached hydrogen (secondary N) is 1. The normalized spacial score (nSPS) is 10.2. The molecule has 98 valence electrons. The van der Waals surface area contributed by atoms with Gasteiger partial charge in [-0.15, -0.1) is 0 Å². The molecule has 1 amide bonds. The molecule has 2 rings (SSSR count). The molecular weight excluding hydrogens is 316 g/mol. The Balaban J connectivity index is 1.95. The monoisotopic (exact) mass is 324 g/mol. The molecule has 19 heavy (non-hydrogen) atoms. The van der Waals surface area contributed by atoms with Crippen LogP contribution in [0.15, 0.2) is 45.5 Å². The number of rotatable bonds is 4. The van der Waals surface area contributed by atoms with Crippen molar-refractivity contribution in [3.8, 4) is 0 Å². The van der Waals surface area contributed by atoms with Crippen LogP contribution in [0.3, 0.4) is 0 Å². The van der Waals surface area contributed by atoms with Crippen molar-refractivity contribution in [3.63, 3.8) is 0 Å². The Labute approximate surface area is 116 Å². The molecule has 0 bridgehead atoms. The summed E-state index contributed by atoms with van der Waals surface area (Å²) in [6, 6.07) is 9.15. The maximum Gasteiger partial charge on any atom is 0.287 e. The Hall–Kier alpha value is -2.15. The summed E-state index contributed by atoms with van der Waals surface area (Å²) in [5, 5.41) is 13.1. The van der Waals surface area contributed by atoms with Crippen LogP contribution in [0.4, 0.5) is 5.69 Å². The number of carbonyl (C=O) groups excluding carboxylic acids is 1. The maximum absolute atomic E-state index is 11.7. The van der Waals surface area contributed by atoms with Gasteiger partial charge in [-0.25, -0.2) is 0 Å². The van der Waals surface area contributed by atoms with Crippen LogP contribution in [0.25, 0.3) is 0 Å². The minimum Gasteiger partial charge on any atom is -0.444 e. The largest absolute Gasteiger partial charge is 0.444 e. The number of halogens is 1. The second-order valence-corrected chi connectivity index (χ2v) is 4.49. The lowest BCUT2D eigenvalue weighted by molar-refractivity contribution is -0.384. The molecule has 0 aliphatic carbocycles. The number of hydrogen-bond acceptors (Lipinski definition) is 4. The van der Waals surface area contributed by atoms with E-state index in [4.69, 9.17) is 4.42 Å². The minimum atomic E-state index is -0.470. The molecule has 0 aliphatic heterocycles. The molecule has 6 nitrogen and oxygen atoms in total. The zero-order valence-corrected chi connectivity index (χ0v) is 11.2. The summed E-state index contributed by atoms with van der Waals surface area (Å²) in [5.74, 6) is -0.141. The third kappa shape index (κ3) is 3.41. The number of carbonyl (C=O) groups is 1. The smallest absolute Gasteiger partial charge is 0.287 e. The molecule has 7 heteroatoms. The van der Waals surface area contributed by atoms with Gasteiger partial charge in [-0.2, -0.15) is 0 Å². The van der Waals surface area contributed by atoms with E-state index in [0.29, 0.717) is 4.67 Å². The second kappa shape index (κ2) is 5.66. The minimum absolute atomic E-state index is 0.0186. The predicted octanol–water partition coefficient (Wildman–Crippen LogP) is 2.88. The van der Waals surface area contributed by atoms with E-state index in [1.165, 1.54) is 12.1 Å². The van der Waals surface area contributed by atoms with Crippen LogP contribution < -0.4 is 5.32 Å². The molecule has 1 N–H and O–H groups in total. The molecule has 0 saturated heterocycles. The van der Waals surface area contributed by atoms with Crippen molar-refractivity contribution in [2.45, 2.75) is 6.54 Å². The van der Waals surface area contributed by atoms with Gasteiger partial charge in [0.25, 0.3) is 11.6 Å². The topological polar surface area (TPSA) is 85.4 Å². The van der Waals surface area contributed by atoms with Gasteiger partial charge in [-0.05, 0) is 33.6 Å². The lowest BCUT2D eigenvalue weighted by Gasteiger charge is -2.03. The van der Waals surface area contributed by atoms with Crippen molar-refractivity contribution < 1.29 is 14.1 Å². The van der Waals surface area contributed by atoms with Crippen molar-refractivity contribution >= 4 is 27.5 Å². The highest BCUT2D eigenvalue weighted by Gasteiger charge is 2.10. The first-order valence-electron chi connectivity index (χ1n) is 5.33. The summed E-state index contributed by atoms with van der Waals surface area (Å²) in [4.78, 5) is 21.7. The first-order chi connectivity index (χ1) is 9.06. The van der Waals surface area contributed by atoms with E-state index in [2.05, 4.69) is 21.2 Å². The van der Waals surface area contributed by atoms with Gasteiger partial charge in [-0.3, -0.25) is 14.9 Å². The van der Waals surface area contributed by atoms with E-state index in [-0.39, 0.29) is 23.9 Å².